The third-order valence-corrected chi connectivity index (χ3v) is 2.69. The van der Waals surface area contributed by atoms with Gasteiger partial charge in [0, 0.05) is 26.2 Å². The standard InChI is InChI=1S/C13H19FN4O2/c1-3-19-11(20-4-2)7-8-15-13-16-9-5-6-10(14)17-12(9)18-13/h5-6,11H,3-4,7-8H2,1-2H3,(H2,15,16,17,18). The zero-order valence-electron chi connectivity index (χ0n) is 11.6. The van der Waals surface area contributed by atoms with E-state index in [4.69, 9.17) is 9.47 Å². The fourth-order valence-corrected chi connectivity index (χ4v) is 1.85. The summed E-state index contributed by atoms with van der Waals surface area (Å²) in [4.78, 5) is 10.9. The molecule has 2 aromatic rings. The number of hydrogen-bond acceptors (Lipinski definition) is 5. The van der Waals surface area contributed by atoms with Gasteiger partial charge in [0.2, 0.25) is 11.9 Å². The van der Waals surface area contributed by atoms with Gasteiger partial charge >= 0.3 is 0 Å². The zero-order valence-corrected chi connectivity index (χ0v) is 11.6. The quantitative estimate of drug-likeness (QED) is 0.574. The van der Waals surface area contributed by atoms with Crippen molar-refractivity contribution in [1.29, 1.82) is 0 Å². The molecule has 2 aromatic heterocycles. The molecule has 0 aliphatic carbocycles. The van der Waals surface area contributed by atoms with Crippen molar-refractivity contribution >= 4 is 17.1 Å². The van der Waals surface area contributed by atoms with E-state index in [9.17, 15) is 4.39 Å². The van der Waals surface area contributed by atoms with E-state index in [1.807, 2.05) is 13.8 Å². The molecule has 0 aliphatic heterocycles. The number of ether oxygens (including phenoxy) is 2. The van der Waals surface area contributed by atoms with Gasteiger partial charge in [-0.25, -0.2) is 4.98 Å². The average Bonchev–Trinajstić information content (AvgIpc) is 2.81. The summed E-state index contributed by atoms with van der Waals surface area (Å²) in [5.74, 6) is 0.0327. The summed E-state index contributed by atoms with van der Waals surface area (Å²) in [6.45, 7) is 5.71. The summed E-state index contributed by atoms with van der Waals surface area (Å²) < 4.78 is 23.8. The minimum absolute atomic E-state index is 0.225. The van der Waals surface area contributed by atoms with Crippen LogP contribution in [-0.4, -0.2) is 41.0 Å². The maximum absolute atomic E-state index is 13.0. The number of nitrogens with zero attached hydrogens (tertiary/aromatic N) is 2. The van der Waals surface area contributed by atoms with Gasteiger partial charge in [0.05, 0.1) is 0 Å². The number of imidazole rings is 1. The fourth-order valence-electron chi connectivity index (χ4n) is 1.85. The molecule has 0 atom stereocenters. The number of H-pyrrole nitrogens is 1. The number of hydrogen-bond donors (Lipinski definition) is 2. The molecule has 20 heavy (non-hydrogen) atoms. The lowest BCUT2D eigenvalue weighted by atomic mass is 10.4. The Bertz CT molecular complexity index is 540. The Morgan fingerprint density at radius 2 is 2.00 bits per heavy atom. The van der Waals surface area contributed by atoms with Crippen molar-refractivity contribution in [2.24, 2.45) is 0 Å². The van der Waals surface area contributed by atoms with Gasteiger partial charge in [-0.15, -0.1) is 0 Å². The van der Waals surface area contributed by atoms with Crippen LogP contribution in [0.1, 0.15) is 20.3 Å². The van der Waals surface area contributed by atoms with Crippen LogP contribution in [0.25, 0.3) is 11.2 Å². The van der Waals surface area contributed by atoms with Crippen LogP contribution >= 0.6 is 0 Å². The van der Waals surface area contributed by atoms with Crippen LogP contribution in [0.15, 0.2) is 12.1 Å². The molecule has 7 heteroatoms. The number of fused-ring (bicyclic) bond motifs is 1. The number of aromatic nitrogens is 3. The summed E-state index contributed by atoms with van der Waals surface area (Å²) in [5, 5.41) is 3.11. The van der Waals surface area contributed by atoms with Gasteiger partial charge in [0.25, 0.3) is 0 Å². The predicted octanol–water partition coefficient (Wildman–Crippen LogP) is 2.30. The van der Waals surface area contributed by atoms with Crippen molar-refractivity contribution in [2.75, 3.05) is 25.1 Å². The Morgan fingerprint density at radius 1 is 1.25 bits per heavy atom. The summed E-state index contributed by atoms with van der Waals surface area (Å²) in [6.07, 6.45) is 0.470. The Morgan fingerprint density at radius 3 is 2.70 bits per heavy atom. The summed E-state index contributed by atoms with van der Waals surface area (Å²) in [7, 11) is 0. The molecule has 0 fully saturated rings. The van der Waals surface area contributed by atoms with Crippen LogP contribution in [0, 0.1) is 5.95 Å². The maximum atomic E-state index is 13.0. The topological polar surface area (TPSA) is 72.1 Å². The van der Waals surface area contributed by atoms with Gasteiger partial charge in [-0.2, -0.15) is 9.37 Å². The van der Waals surface area contributed by atoms with Gasteiger partial charge in [0.1, 0.15) is 5.52 Å². The average molecular weight is 282 g/mol. The third-order valence-electron chi connectivity index (χ3n) is 2.69. The number of nitrogens with one attached hydrogen (secondary N) is 2. The Balaban J connectivity index is 1.88. The van der Waals surface area contributed by atoms with Gasteiger partial charge in [-0.1, -0.05) is 0 Å². The first-order chi connectivity index (χ1) is 9.72. The normalized spacial score (nSPS) is 11.4. The van der Waals surface area contributed by atoms with E-state index in [0.717, 1.165) is 0 Å². The molecule has 0 amide bonds. The minimum Gasteiger partial charge on any atom is -0.356 e. The van der Waals surface area contributed by atoms with E-state index in [-0.39, 0.29) is 6.29 Å². The molecule has 0 aromatic carbocycles. The monoisotopic (exact) mass is 282 g/mol. The first-order valence-corrected chi connectivity index (χ1v) is 6.72. The van der Waals surface area contributed by atoms with Crippen LogP contribution in [0.4, 0.5) is 10.3 Å². The lowest BCUT2D eigenvalue weighted by Gasteiger charge is -2.16. The summed E-state index contributed by atoms with van der Waals surface area (Å²) >= 11 is 0. The third kappa shape index (κ3) is 3.88. The summed E-state index contributed by atoms with van der Waals surface area (Å²) in [6, 6.07) is 2.87. The van der Waals surface area contributed by atoms with E-state index in [1.54, 1.807) is 6.07 Å². The maximum Gasteiger partial charge on any atom is 0.214 e. The molecule has 0 saturated carbocycles. The number of anilines is 1. The molecular weight excluding hydrogens is 263 g/mol. The molecule has 0 radical (unpaired) electrons. The number of aromatic amines is 1. The number of halogens is 1. The lowest BCUT2D eigenvalue weighted by Crippen LogP contribution is -2.21. The van der Waals surface area contributed by atoms with Gasteiger partial charge in [-0.05, 0) is 26.0 Å². The van der Waals surface area contributed by atoms with Crippen LogP contribution in [-0.2, 0) is 9.47 Å². The Hall–Kier alpha value is -1.73. The highest BCUT2D eigenvalue weighted by molar-refractivity contribution is 5.72. The van der Waals surface area contributed by atoms with E-state index in [2.05, 4.69) is 20.3 Å². The van der Waals surface area contributed by atoms with E-state index < -0.39 is 5.95 Å². The highest BCUT2D eigenvalue weighted by atomic mass is 19.1. The largest absolute Gasteiger partial charge is 0.356 e. The van der Waals surface area contributed by atoms with Crippen LogP contribution in [0.5, 0.6) is 0 Å². The molecule has 0 aliphatic rings. The highest BCUT2D eigenvalue weighted by Gasteiger charge is 2.09. The van der Waals surface area contributed by atoms with Crippen molar-refractivity contribution in [2.45, 2.75) is 26.6 Å². The Kier molecular flexibility index (Phi) is 5.25. The molecule has 0 bridgehead atoms. The minimum atomic E-state index is -0.527. The second-order valence-corrected chi connectivity index (χ2v) is 4.14. The molecule has 2 N–H and O–H groups in total. The number of rotatable bonds is 8. The Labute approximate surface area is 116 Å². The molecule has 0 unspecified atom stereocenters. The molecule has 2 heterocycles. The zero-order chi connectivity index (χ0) is 14.4. The molecule has 0 saturated heterocycles. The lowest BCUT2D eigenvalue weighted by molar-refractivity contribution is -0.137. The summed E-state index contributed by atoms with van der Waals surface area (Å²) in [5.41, 5.74) is 1.05. The van der Waals surface area contributed by atoms with Crippen LogP contribution in [0.2, 0.25) is 0 Å². The van der Waals surface area contributed by atoms with Gasteiger partial charge in [0.15, 0.2) is 11.9 Å². The van der Waals surface area contributed by atoms with Crippen LogP contribution < -0.4 is 5.32 Å². The van der Waals surface area contributed by atoms with Crippen molar-refractivity contribution in [1.82, 2.24) is 15.0 Å². The second kappa shape index (κ2) is 7.16. The van der Waals surface area contributed by atoms with Crippen molar-refractivity contribution in [3.63, 3.8) is 0 Å². The highest BCUT2D eigenvalue weighted by Crippen LogP contribution is 2.12. The smallest absolute Gasteiger partial charge is 0.214 e. The molecular formula is C13H19FN4O2. The van der Waals surface area contributed by atoms with E-state index in [1.165, 1.54) is 6.07 Å². The predicted molar refractivity (Wildman–Crippen MR) is 74.0 cm³/mol. The first kappa shape index (κ1) is 14.7. The van der Waals surface area contributed by atoms with Crippen LogP contribution in [0.3, 0.4) is 0 Å². The SMILES string of the molecule is CCOC(CCNc1nc2ccc(F)nc2[nH]1)OCC. The van der Waals surface area contributed by atoms with E-state index >= 15 is 0 Å². The van der Waals surface area contributed by atoms with Crippen molar-refractivity contribution in [3.05, 3.63) is 18.1 Å². The van der Waals surface area contributed by atoms with E-state index in [0.29, 0.717) is 43.3 Å². The van der Waals surface area contributed by atoms with Gasteiger partial charge in [-0.3, -0.25) is 0 Å². The molecule has 110 valence electrons. The number of pyridine rings is 1. The first-order valence-electron chi connectivity index (χ1n) is 6.72. The van der Waals surface area contributed by atoms with Gasteiger partial charge < -0.3 is 19.8 Å². The fraction of sp³-hybridized carbons (Fsp3) is 0.538. The molecule has 6 nitrogen and oxygen atoms in total. The van der Waals surface area contributed by atoms with Crippen molar-refractivity contribution in [3.8, 4) is 0 Å². The second-order valence-electron chi connectivity index (χ2n) is 4.14. The molecule has 2 rings (SSSR count). The molecule has 0 spiro atoms. The van der Waals surface area contributed by atoms with Crippen molar-refractivity contribution < 1.29 is 13.9 Å².